The fourth-order valence-corrected chi connectivity index (χ4v) is 1.99. The molecule has 0 radical (unpaired) electrons. The highest BCUT2D eigenvalue weighted by Gasteiger charge is 2.29. The average Bonchev–Trinajstić information content (AvgIpc) is 2.63. The highest BCUT2D eigenvalue weighted by atomic mass is 19.1. The van der Waals surface area contributed by atoms with Gasteiger partial charge in [-0.05, 0) is 24.1 Å². The van der Waals surface area contributed by atoms with Gasteiger partial charge >= 0.3 is 0 Å². The van der Waals surface area contributed by atoms with Gasteiger partial charge in [-0.15, -0.1) is 0 Å². The minimum atomic E-state index is -0.282. The van der Waals surface area contributed by atoms with Crippen LogP contribution in [-0.2, 0) is 11.3 Å². The maximum atomic E-state index is 12.7. The highest BCUT2D eigenvalue weighted by Crippen LogP contribution is 2.21. The first-order valence-corrected chi connectivity index (χ1v) is 5.35. The minimum Gasteiger partial charge on any atom is -0.394 e. The molecule has 1 saturated heterocycles. The predicted molar refractivity (Wildman–Crippen MR) is 57.1 cm³/mol. The zero-order valence-corrected chi connectivity index (χ0v) is 8.90. The van der Waals surface area contributed by atoms with E-state index in [4.69, 9.17) is 5.11 Å². The van der Waals surface area contributed by atoms with Crippen LogP contribution in [0, 0.1) is 5.82 Å². The van der Waals surface area contributed by atoms with Crippen molar-refractivity contribution >= 4 is 5.91 Å². The largest absolute Gasteiger partial charge is 0.394 e. The third kappa shape index (κ3) is 2.22. The standard InChI is InChI=1S/C12H14FNO2/c13-10-3-1-9(2-4-10)7-14-11(8-15)5-6-12(14)16/h1-4,11,15H,5-8H2. The van der Waals surface area contributed by atoms with Crippen molar-refractivity contribution in [1.82, 2.24) is 4.90 Å². The summed E-state index contributed by atoms with van der Waals surface area (Å²) in [7, 11) is 0. The van der Waals surface area contributed by atoms with Gasteiger partial charge in [-0.2, -0.15) is 0 Å². The third-order valence-corrected chi connectivity index (χ3v) is 2.93. The summed E-state index contributed by atoms with van der Waals surface area (Å²) < 4.78 is 12.7. The lowest BCUT2D eigenvalue weighted by atomic mass is 10.2. The first-order valence-electron chi connectivity index (χ1n) is 5.35. The molecule has 86 valence electrons. The van der Waals surface area contributed by atoms with E-state index >= 15 is 0 Å². The van der Waals surface area contributed by atoms with Gasteiger partial charge in [0.25, 0.3) is 0 Å². The monoisotopic (exact) mass is 223 g/mol. The van der Waals surface area contributed by atoms with Crippen LogP contribution < -0.4 is 0 Å². The summed E-state index contributed by atoms with van der Waals surface area (Å²) in [6.07, 6.45) is 1.20. The Balaban J connectivity index is 2.08. The van der Waals surface area contributed by atoms with E-state index in [1.807, 2.05) is 0 Å². The lowest BCUT2D eigenvalue weighted by molar-refractivity contribution is -0.130. The van der Waals surface area contributed by atoms with Crippen LogP contribution in [0.1, 0.15) is 18.4 Å². The van der Waals surface area contributed by atoms with E-state index in [0.717, 1.165) is 5.56 Å². The number of likely N-dealkylation sites (tertiary alicyclic amines) is 1. The molecular formula is C12H14FNO2. The Labute approximate surface area is 93.5 Å². The molecule has 1 aliphatic heterocycles. The van der Waals surface area contributed by atoms with Crippen LogP contribution in [0.4, 0.5) is 4.39 Å². The molecule has 1 aliphatic rings. The second kappa shape index (κ2) is 4.61. The molecule has 16 heavy (non-hydrogen) atoms. The van der Waals surface area contributed by atoms with Crippen LogP contribution in [0.5, 0.6) is 0 Å². The van der Waals surface area contributed by atoms with Crippen molar-refractivity contribution in [3.05, 3.63) is 35.6 Å². The Bertz CT molecular complexity index is 377. The van der Waals surface area contributed by atoms with Gasteiger partial charge in [0.1, 0.15) is 5.82 Å². The maximum Gasteiger partial charge on any atom is 0.223 e. The van der Waals surface area contributed by atoms with Gasteiger partial charge in [-0.3, -0.25) is 4.79 Å². The molecule has 1 aromatic rings. The Morgan fingerprint density at radius 2 is 2.06 bits per heavy atom. The number of nitrogens with zero attached hydrogens (tertiary/aromatic N) is 1. The van der Waals surface area contributed by atoms with Gasteiger partial charge < -0.3 is 10.0 Å². The van der Waals surface area contributed by atoms with Gasteiger partial charge in [-0.1, -0.05) is 12.1 Å². The van der Waals surface area contributed by atoms with E-state index in [-0.39, 0.29) is 24.4 Å². The molecule has 1 atom stereocenters. The topological polar surface area (TPSA) is 40.5 Å². The SMILES string of the molecule is O=C1CCC(CO)N1Cc1ccc(F)cc1. The molecule has 1 heterocycles. The third-order valence-electron chi connectivity index (χ3n) is 2.93. The molecule has 0 aromatic heterocycles. The van der Waals surface area contributed by atoms with Crippen molar-refractivity contribution in [3.63, 3.8) is 0 Å². The van der Waals surface area contributed by atoms with Crippen molar-refractivity contribution in [2.75, 3.05) is 6.61 Å². The van der Waals surface area contributed by atoms with Crippen LogP contribution in [0.3, 0.4) is 0 Å². The molecule has 4 heteroatoms. The van der Waals surface area contributed by atoms with E-state index in [1.54, 1.807) is 17.0 Å². The number of hydrogen-bond acceptors (Lipinski definition) is 2. The smallest absolute Gasteiger partial charge is 0.223 e. The molecule has 0 bridgehead atoms. The van der Waals surface area contributed by atoms with Gasteiger partial charge in [0.05, 0.1) is 12.6 Å². The molecule has 1 amide bonds. The summed E-state index contributed by atoms with van der Waals surface area (Å²) in [5, 5.41) is 9.12. The van der Waals surface area contributed by atoms with Gasteiger partial charge in [0.15, 0.2) is 0 Å². The van der Waals surface area contributed by atoms with E-state index in [9.17, 15) is 9.18 Å². The molecule has 1 fully saturated rings. The first kappa shape index (κ1) is 11.1. The zero-order chi connectivity index (χ0) is 11.5. The molecule has 0 spiro atoms. The fourth-order valence-electron chi connectivity index (χ4n) is 1.99. The molecule has 1 N–H and O–H groups in total. The number of hydrogen-bond donors (Lipinski definition) is 1. The van der Waals surface area contributed by atoms with Crippen LogP contribution in [0.15, 0.2) is 24.3 Å². The molecule has 1 unspecified atom stereocenters. The number of aliphatic hydroxyl groups is 1. The second-order valence-electron chi connectivity index (χ2n) is 4.02. The summed E-state index contributed by atoms with van der Waals surface area (Å²) in [6.45, 7) is 0.442. The number of rotatable bonds is 3. The van der Waals surface area contributed by atoms with Crippen LogP contribution in [0.25, 0.3) is 0 Å². The quantitative estimate of drug-likeness (QED) is 0.839. The first-order chi connectivity index (χ1) is 7.70. The van der Waals surface area contributed by atoms with E-state index in [1.165, 1.54) is 12.1 Å². The fraction of sp³-hybridized carbons (Fsp3) is 0.417. The molecule has 1 aromatic carbocycles. The van der Waals surface area contributed by atoms with Crippen LogP contribution in [-0.4, -0.2) is 28.6 Å². The van der Waals surface area contributed by atoms with Crippen molar-refractivity contribution in [3.8, 4) is 0 Å². The Morgan fingerprint density at radius 3 is 2.69 bits per heavy atom. The van der Waals surface area contributed by atoms with Crippen LogP contribution >= 0.6 is 0 Å². The molecule has 0 aliphatic carbocycles. The molecule has 2 rings (SSSR count). The van der Waals surface area contributed by atoms with Crippen molar-refractivity contribution in [2.45, 2.75) is 25.4 Å². The normalized spacial score (nSPS) is 20.5. The summed E-state index contributed by atoms with van der Waals surface area (Å²) in [6, 6.07) is 6.00. The Hall–Kier alpha value is -1.42. The number of amides is 1. The molecule has 3 nitrogen and oxygen atoms in total. The van der Waals surface area contributed by atoms with E-state index in [0.29, 0.717) is 19.4 Å². The highest BCUT2D eigenvalue weighted by molar-refractivity contribution is 5.78. The summed E-state index contributed by atoms with van der Waals surface area (Å²) in [4.78, 5) is 13.2. The number of carbonyl (C=O) groups is 1. The van der Waals surface area contributed by atoms with Crippen molar-refractivity contribution in [1.29, 1.82) is 0 Å². The lowest BCUT2D eigenvalue weighted by Crippen LogP contribution is -2.34. The summed E-state index contributed by atoms with van der Waals surface area (Å²) in [5.74, 6) is -0.224. The summed E-state index contributed by atoms with van der Waals surface area (Å²) in [5.41, 5.74) is 0.884. The van der Waals surface area contributed by atoms with Gasteiger partial charge in [0.2, 0.25) is 5.91 Å². The number of aliphatic hydroxyl groups excluding tert-OH is 1. The number of benzene rings is 1. The van der Waals surface area contributed by atoms with Crippen molar-refractivity contribution in [2.24, 2.45) is 0 Å². The van der Waals surface area contributed by atoms with Crippen LogP contribution in [0.2, 0.25) is 0 Å². The summed E-state index contributed by atoms with van der Waals surface area (Å²) >= 11 is 0. The minimum absolute atomic E-state index is 0.00701. The second-order valence-corrected chi connectivity index (χ2v) is 4.02. The number of halogens is 1. The zero-order valence-electron chi connectivity index (χ0n) is 8.90. The average molecular weight is 223 g/mol. The maximum absolute atomic E-state index is 12.7. The number of carbonyl (C=O) groups excluding carboxylic acids is 1. The Kier molecular flexibility index (Phi) is 3.19. The predicted octanol–water partition coefficient (Wildman–Crippen LogP) is 1.31. The van der Waals surface area contributed by atoms with Gasteiger partial charge in [-0.25, -0.2) is 4.39 Å². The van der Waals surface area contributed by atoms with Gasteiger partial charge in [0, 0.05) is 13.0 Å². The lowest BCUT2D eigenvalue weighted by Gasteiger charge is -2.23. The Morgan fingerprint density at radius 1 is 1.38 bits per heavy atom. The van der Waals surface area contributed by atoms with E-state index < -0.39 is 0 Å². The molecule has 0 saturated carbocycles. The molecular weight excluding hydrogens is 209 g/mol. The van der Waals surface area contributed by atoms with E-state index in [2.05, 4.69) is 0 Å². The van der Waals surface area contributed by atoms with Crippen molar-refractivity contribution < 1.29 is 14.3 Å².